The Bertz CT molecular complexity index is 945. The smallest absolute Gasteiger partial charge is 0.303 e. The fourth-order valence-electron chi connectivity index (χ4n) is 3.13. The quantitative estimate of drug-likeness (QED) is 0.309. The van der Waals surface area contributed by atoms with Gasteiger partial charge >= 0.3 is 5.97 Å². The summed E-state index contributed by atoms with van der Waals surface area (Å²) in [4.78, 5) is 26.9. The van der Waals surface area contributed by atoms with Crippen molar-refractivity contribution < 1.29 is 23.1 Å². The average molecular weight is 482 g/mol. The molecule has 3 N–H and O–H groups in total. The SMILES string of the molecule is O=C(O)CCCCCCCCCCNC(=O)Cc1csc(NS(=O)(=O)c2ccccc2)n1. The number of aromatic nitrogens is 1. The molecule has 10 heteroatoms. The van der Waals surface area contributed by atoms with Crippen molar-refractivity contribution in [1.82, 2.24) is 10.3 Å². The number of benzene rings is 1. The van der Waals surface area contributed by atoms with Gasteiger partial charge in [-0.3, -0.25) is 14.3 Å². The molecular formula is C22H31N3O5S2. The largest absolute Gasteiger partial charge is 0.481 e. The molecule has 8 nitrogen and oxygen atoms in total. The lowest BCUT2D eigenvalue weighted by molar-refractivity contribution is -0.137. The van der Waals surface area contributed by atoms with Crippen LogP contribution in [0.25, 0.3) is 0 Å². The Morgan fingerprint density at radius 3 is 2.22 bits per heavy atom. The Kier molecular flexibility index (Phi) is 11.2. The van der Waals surface area contributed by atoms with Crippen LogP contribution in [0.1, 0.15) is 63.5 Å². The van der Waals surface area contributed by atoms with Gasteiger partial charge in [0.2, 0.25) is 5.91 Å². The van der Waals surface area contributed by atoms with Crippen LogP contribution in [0.15, 0.2) is 40.6 Å². The highest BCUT2D eigenvalue weighted by atomic mass is 32.2. The number of thiazole rings is 1. The van der Waals surface area contributed by atoms with Gasteiger partial charge in [0.15, 0.2) is 5.13 Å². The summed E-state index contributed by atoms with van der Waals surface area (Å²) in [6, 6.07) is 8.06. The number of rotatable bonds is 16. The lowest BCUT2D eigenvalue weighted by Gasteiger charge is -2.05. The van der Waals surface area contributed by atoms with Gasteiger partial charge in [0.05, 0.1) is 17.0 Å². The van der Waals surface area contributed by atoms with E-state index in [0.29, 0.717) is 12.2 Å². The van der Waals surface area contributed by atoms with Crippen molar-refractivity contribution in [2.45, 2.75) is 69.1 Å². The van der Waals surface area contributed by atoms with Crippen molar-refractivity contribution >= 4 is 38.4 Å². The van der Waals surface area contributed by atoms with Gasteiger partial charge < -0.3 is 10.4 Å². The van der Waals surface area contributed by atoms with Gasteiger partial charge in [-0.2, -0.15) is 0 Å². The predicted octanol–water partition coefficient (Wildman–Crippen LogP) is 4.20. The molecule has 0 bridgehead atoms. The second-order valence-corrected chi connectivity index (χ2v) is 10.1. The Morgan fingerprint density at radius 1 is 0.938 bits per heavy atom. The lowest BCUT2D eigenvalue weighted by Crippen LogP contribution is -2.26. The average Bonchev–Trinajstić information content (AvgIpc) is 3.18. The van der Waals surface area contributed by atoms with Crippen molar-refractivity contribution in [3.8, 4) is 0 Å². The minimum absolute atomic E-state index is 0.111. The topological polar surface area (TPSA) is 125 Å². The molecule has 176 valence electrons. The first-order chi connectivity index (χ1) is 15.4. The summed E-state index contributed by atoms with van der Waals surface area (Å²) in [5.74, 6) is -0.860. The van der Waals surface area contributed by atoms with E-state index in [1.807, 2.05) is 0 Å². The van der Waals surface area contributed by atoms with Gasteiger partial charge in [-0.1, -0.05) is 56.7 Å². The number of aliphatic carboxylic acids is 1. The summed E-state index contributed by atoms with van der Waals surface area (Å²) in [7, 11) is -3.69. The molecule has 32 heavy (non-hydrogen) atoms. The molecule has 1 aromatic carbocycles. The van der Waals surface area contributed by atoms with Crippen molar-refractivity contribution in [2.75, 3.05) is 11.3 Å². The fraction of sp³-hybridized carbons (Fsp3) is 0.500. The highest BCUT2D eigenvalue weighted by Gasteiger charge is 2.16. The Balaban J connectivity index is 1.56. The second-order valence-electron chi connectivity index (χ2n) is 7.56. The molecule has 1 aromatic heterocycles. The first-order valence-electron chi connectivity index (χ1n) is 10.9. The summed E-state index contributed by atoms with van der Waals surface area (Å²) in [6.07, 6.45) is 8.45. The first-order valence-corrected chi connectivity index (χ1v) is 13.2. The molecule has 2 aromatic rings. The number of carboxylic acids is 1. The third-order valence-electron chi connectivity index (χ3n) is 4.81. The van der Waals surface area contributed by atoms with Gasteiger partial charge in [-0.25, -0.2) is 13.4 Å². The molecule has 0 aliphatic heterocycles. The molecule has 2 rings (SSSR count). The van der Waals surface area contributed by atoms with Crippen LogP contribution in [-0.4, -0.2) is 36.9 Å². The number of carboxylic acid groups (broad SMARTS) is 1. The molecule has 0 aliphatic carbocycles. The summed E-state index contributed by atoms with van der Waals surface area (Å²) in [6.45, 7) is 0.606. The zero-order valence-corrected chi connectivity index (χ0v) is 19.7. The van der Waals surface area contributed by atoms with Crippen molar-refractivity contribution in [1.29, 1.82) is 0 Å². The highest BCUT2D eigenvalue weighted by molar-refractivity contribution is 7.93. The lowest BCUT2D eigenvalue weighted by atomic mass is 10.1. The van der Waals surface area contributed by atoms with E-state index in [2.05, 4.69) is 15.0 Å². The van der Waals surface area contributed by atoms with Crippen molar-refractivity contribution in [3.05, 3.63) is 41.4 Å². The van der Waals surface area contributed by atoms with Gasteiger partial charge in [-0.15, -0.1) is 11.3 Å². The van der Waals surface area contributed by atoms with Gasteiger partial charge in [0.1, 0.15) is 0 Å². The van der Waals surface area contributed by atoms with Crippen LogP contribution in [0.2, 0.25) is 0 Å². The minimum atomic E-state index is -3.69. The van der Waals surface area contributed by atoms with Gasteiger partial charge in [0.25, 0.3) is 10.0 Å². The van der Waals surface area contributed by atoms with Crippen LogP contribution in [0.3, 0.4) is 0 Å². The number of nitrogens with one attached hydrogen (secondary N) is 2. The Hall–Kier alpha value is -2.46. The molecule has 1 heterocycles. The fourth-order valence-corrected chi connectivity index (χ4v) is 5.11. The molecule has 0 fully saturated rings. The summed E-state index contributed by atoms with van der Waals surface area (Å²) in [5, 5.41) is 13.4. The van der Waals surface area contributed by atoms with Gasteiger partial charge in [-0.05, 0) is 25.0 Å². The van der Waals surface area contributed by atoms with E-state index < -0.39 is 16.0 Å². The number of nitrogens with zero attached hydrogens (tertiary/aromatic N) is 1. The molecule has 0 saturated heterocycles. The van der Waals surface area contributed by atoms with Crippen LogP contribution < -0.4 is 10.0 Å². The molecule has 0 spiro atoms. The monoisotopic (exact) mass is 481 g/mol. The van der Waals surface area contributed by atoms with E-state index in [1.54, 1.807) is 23.6 Å². The molecule has 0 atom stereocenters. The summed E-state index contributed by atoms with van der Waals surface area (Å²) >= 11 is 1.15. The van der Waals surface area contributed by atoms with Crippen LogP contribution in [-0.2, 0) is 26.0 Å². The minimum Gasteiger partial charge on any atom is -0.481 e. The number of hydrogen-bond acceptors (Lipinski definition) is 6. The third kappa shape index (κ3) is 10.2. The zero-order chi connectivity index (χ0) is 23.2. The number of anilines is 1. The summed E-state index contributed by atoms with van der Waals surface area (Å²) < 4.78 is 27.1. The Morgan fingerprint density at radius 2 is 1.56 bits per heavy atom. The molecular weight excluding hydrogens is 450 g/mol. The van der Waals surface area contributed by atoms with E-state index in [0.717, 1.165) is 62.7 Å². The number of unbranched alkanes of at least 4 members (excludes halogenated alkanes) is 7. The van der Waals surface area contributed by atoms with Crippen LogP contribution in [0, 0.1) is 0 Å². The van der Waals surface area contributed by atoms with Crippen LogP contribution >= 0.6 is 11.3 Å². The number of carbonyl (C=O) groups is 2. The molecule has 0 unspecified atom stereocenters. The molecule has 0 saturated carbocycles. The molecule has 0 aliphatic rings. The second kappa shape index (κ2) is 13.8. The zero-order valence-electron chi connectivity index (χ0n) is 18.1. The van der Waals surface area contributed by atoms with E-state index in [-0.39, 0.29) is 28.8 Å². The van der Waals surface area contributed by atoms with Crippen LogP contribution in [0.4, 0.5) is 5.13 Å². The van der Waals surface area contributed by atoms with Crippen molar-refractivity contribution in [2.24, 2.45) is 0 Å². The molecule has 1 amide bonds. The maximum Gasteiger partial charge on any atom is 0.303 e. The van der Waals surface area contributed by atoms with Crippen LogP contribution in [0.5, 0.6) is 0 Å². The van der Waals surface area contributed by atoms with E-state index >= 15 is 0 Å². The maximum absolute atomic E-state index is 12.3. The number of sulfonamides is 1. The first kappa shape index (κ1) is 25.8. The number of carbonyl (C=O) groups excluding carboxylic acids is 1. The van der Waals surface area contributed by atoms with E-state index in [1.165, 1.54) is 12.1 Å². The standard InChI is InChI=1S/C22H31N3O5S2/c26-20(23-15-11-6-4-2-1-3-5-10-14-21(27)28)16-18-17-31-22(24-18)25-32(29,30)19-12-8-7-9-13-19/h7-9,12-13,17H,1-6,10-11,14-16H2,(H,23,26)(H,24,25)(H,27,28). The van der Waals surface area contributed by atoms with E-state index in [9.17, 15) is 18.0 Å². The predicted molar refractivity (Wildman–Crippen MR) is 125 cm³/mol. The van der Waals surface area contributed by atoms with E-state index in [4.69, 9.17) is 5.11 Å². The Labute approximate surface area is 193 Å². The molecule has 0 radical (unpaired) electrons. The maximum atomic E-state index is 12.3. The van der Waals surface area contributed by atoms with Crippen molar-refractivity contribution in [3.63, 3.8) is 0 Å². The highest BCUT2D eigenvalue weighted by Crippen LogP contribution is 2.20. The summed E-state index contributed by atoms with van der Waals surface area (Å²) in [5.41, 5.74) is 0.529. The number of hydrogen-bond donors (Lipinski definition) is 3. The van der Waals surface area contributed by atoms with Gasteiger partial charge in [0, 0.05) is 18.3 Å². The third-order valence-corrected chi connectivity index (χ3v) is 7.10. The normalized spacial score (nSPS) is 11.2. The number of amides is 1.